The molecule has 0 saturated carbocycles. The summed E-state index contributed by atoms with van der Waals surface area (Å²) in [5.41, 5.74) is 0.963. The van der Waals surface area contributed by atoms with Gasteiger partial charge in [0.2, 0.25) is 0 Å². The smallest absolute Gasteiger partial charge is 0.150 e. The molecular weight excluding hydrogens is 164 g/mol. The lowest BCUT2D eigenvalue weighted by Crippen LogP contribution is -2.15. The first kappa shape index (κ1) is 7.13. The summed E-state index contributed by atoms with van der Waals surface area (Å²) in [6, 6.07) is 0. The second kappa shape index (κ2) is 2.50. The maximum atomic E-state index is 9.44. The van der Waals surface area contributed by atoms with E-state index in [4.69, 9.17) is 11.6 Å². The van der Waals surface area contributed by atoms with Crippen molar-refractivity contribution in [3.05, 3.63) is 17.2 Å². The summed E-state index contributed by atoms with van der Waals surface area (Å²) < 4.78 is 1.74. The second-order valence-electron chi connectivity index (χ2n) is 2.76. The monoisotopic (exact) mass is 172 g/mol. The largest absolute Gasteiger partial charge is 0.373 e. The lowest BCUT2D eigenvalue weighted by atomic mass is 10.1. The summed E-state index contributed by atoms with van der Waals surface area (Å²) in [4.78, 5) is 3.92. The molecule has 0 bridgehead atoms. The lowest BCUT2D eigenvalue weighted by molar-refractivity contribution is 0.0789. The van der Waals surface area contributed by atoms with Crippen molar-refractivity contribution in [2.45, 2.75) is 25.5 Å². The van der Waals surface area contributed by atoms with Crippen LogP contribution >= 0.6 is 11.6 Å². The molecule has 1 aliphatic rings. The molecule has 1 aliphatic heterocycles. The Morgan fingerprint density at radius 3 is 3.27 bits per heavy atom. The summed E-state index contributed by atoms with van der Waals surface area (Å²) in [5.74, 6) is 0. The van der Waals surface area contributed by atoms with Crippen LogP contribution in [0.5, 0.6) is 0 Å². The molecule has 1 atom stereocenters. The molecule has 0 saturated heterocycles. The van der Waals surface area contributed by atoms with E-state index >= 15 is 0 Å². The molecule has 0 amide bonds. The minimum atomic E-state index is -0.418. The third-order valence-corrected chi connectivity index (χ3v) is 2.36. The number of halogens is 1. The molecule has 1 N–H and O–H groups in total. The van der Waals surface area contributed by atoms with Crippen LogP contribution < -0.4 is 0 Å². The zero-order valence-corrected chi connectivity index (χ0v) is 6.75. The number of fused-ring (bicyclic) bond motifs is 1. The first-order valence-corrected chi connectivity index (χ1v) is 4.06. The molecule has 2 rings (SSSR count). The van der Waals surface area contributed by atoms with Gasteiger partial charge in [-0.15, -0.1) is 0 Å². The van der Waals surface area contributed by atoms with E-state index in [1.54, 1.807) is 10.9 Å². The molecular formula is C7H9ClN2O. The van der Waals surface area contributed by atoms with Crippen LogP contribution in [0.15, 0.2) is 6.33 Å². The summed E-state index contributed by atoms with van der Waals surface area (Å²) in [5, 5.41) is 9.97. The summed E-state index contributed by atoms with van der Waals surface area (Å²) >= 11 is 5.78. The van der Waals surface area contributed by atoms with E-state index in [0.29, 0.717) is 5.15 Å². The van der Waals surface area contributed by atoms with E-state index in [1.807, 2.05) is 0 Å². The Balaban J connectivity index is 2.46. The Labute approximate surface area is 69.6 Å². The van der Waals surface area contributed by atoms with Crippen LogP contribution in [0.2, 0.25) is 5.15 Å². The van der Waals surface area contributed by atoms with Crippen LogP contribution in [0, 0.1) is 0 Å². The van der Waals surface area contributed by atoms with Crippen LogP contribution in [0.25, 0.3) is 0 Å². The van der Waals surface area contributed by atoms with Gasteiger partial charge in [0.1, 0.15) is 11.4 Å². The van der Waals surface area contributed by atoms with Gasteiger partial charge in [0.05, 0.1) is 12.0 Å². The van der Waals surface area contributed by atoms with E-state index in [-0.39, 0.29) is 0 Å². The van der Waals surface area contributed by atoms with Crippen molar-refractivity contribution >= 4 is 11.6 Å². The molecule has 1 aromatic heterocycles. The highest BCUT2D eigenvalue weighted by atomic mass is 35.5. The number of nitrogens with zero attached hydrogens (tertiary/aromatic N) is 2. The molecule has 3 nitrogen and oxygen atoms in total. The number of imidazole rings is 1. The predicted octanol–water partition coefficient (Wildman–Crippen LogP) is 1.36. The van der Waals surface area contributed by atoms with E-state index in [0.717, 1.165) is 25.0 Å². The summed E-state index contributed by atoms with van der Waals surface area (Å²) in [6.45, 7) is 0. The second-order valence-corrected chi connectivity index (χ2v) is 3.12. The zero-order valence-electron chi connectivity index (χ0n) is 6.00. The molecule has 4 heteroatoms. The molecule has 0 fully saturated rings. The van der Waals surface area contributed by atoms with Crippen molar-refractivity contribution in [1.82, 2.24) is 9.55 Å². The Hall–Kier alpha value is -0.540. The highest BCUT2D eigenvalue weighted by Gasteiger charge is 2.19. The van der Waals surface area contributed by atoms with Crippen molar-refractivity contribution < 1.29 is 5.11 Å². The van der Waals surface area contributed by atoms with Gasteiger partial charge in [0.25, 0.3) is 0 Å². The third-order valence-electron chi connectivity index (χ3n) is 2.04. The number of hydrogen-bond acceptors (Lipinski definition) is 2. The quantitative estimate of drug-likeness (QED) is 0.642. The van der Waals surface area contributed by atoms with Crippen molar-refractivity contribution in [1.29, 1.82) is 0 Å². The molecule has 1 unspecified atom stereocenters. The van der Waals surface area contributed by atoms with Crippen molar-refractivity contribution in [3.8, 4) is 0 Å². The minimum Gasteiger partial charge on any atom is -0.373 e. The first-order chi connectivity index (χ1) is 5.29. The Bertz CT molecular complexity index is 271. The fourth-order valence-corrected chi connectivity index (χ4v) is 1.68. The van der Waals surface area contributed by atoms with E-state index < -0.39 is 6.23 Å². The molecule has 1 aromatic rings. The van der Waals surface area contributed by atoms with Crippen LogP contribution in [0.3, 0.4) is 0 Å². The van der Waals surface area contributed by atoms with Gasteiger partial charge in [0, 0.05) is 0 Å². The van der Waals surface area contributed by atoms with Crippen molar-refractivity contribution in [2.75, 3.05) is 0 Å². The normalized spacial score (nSPS) is 23.3. The van der Waals surface area contributed by atoms with Crippen molar-refractivity contribution in [2.24, 2.45) is 0 Å². The Morgan fingerprint density at radius 1 is 1.73 bits per heavy atom. The standard InChI is InChI=1S/C7H9ClN2O/c8-7-5-2-1-3-6(11)10(5)4-9-7/h4,6,11H,1-3H2. The number of hydrogen-bond donors (Lipinski definition) is 1. The number of aliphatic hydroxyl groups is 1. The highest BCUT2D eigenvalue weighted by Crippen LogP contribution is 2.26. The van der Waals surface area contributed by atoms with Crippen LogP contribution in [-0.4, -0.2) is 14.7 Å². The Kier molecular flexibility index (Phi) is 1.62. The molecule has 0 aliphatic carbocycles. The van der Waals surface area contributed by atoms with E-state index in [9.17, 15) is 5.11 Å². The molecule has 0 spiro atoms. The van der Waals surface area contributed by atoms with Gasteiger partial charge in [-0.3, -0.25) is 0 Å². The maximum absolute atomic E-state index is 9.44. The maximum Gasteiger partial charge on any atom is 0.150 e. The SMILES string of the molecule is OC1CCCc2c(Cl)ncn21. The summed E-state index contributed by atoms with van der Waals surface area (Å²) in [6.07, 6.45) is 3.91. The lowest BCUT2D eigenvalue weighted by Gasteiger charge is -2.20. The molecule has 60 valence electrons. The predicted molar refractivity (Wildman–Crippen MR) is 41.4 cm³/mol. The van der Waals surface area contributed by atoms with Gasteiger partial charge in [-0.2, -0.15) is 0 Å². The fraction of sp³-hybridized carbons (Fsp3) is 0.571. The fourth-order valence-electron chi connectivity index (χ4n) is 1.44. The average Bonchev–Trinajstić information content (AvgIpc) is 2.35. The molecule has 11 heavy (non-hydrogen) atoms. The van der Waals surface area contributed by atoms with Crippen LogP contribution in [0.4, 0.5) is 0 Å². The number of aromatic nitrogens is 2. The first-order valence-electron chi connectivity index (χ1n) is 3.68. The van der Waals surface area contributed by atoms with Crippen LogP contribution in [-0.2, 0) is 6.42 Å². The average molecular weight is 173 g/mol. The Morgan fingerprint density at radius 2 is 2.55 bits per heavy atom. The molecule has 0 radical (unpaired) electrons. The minimum absolute atomic E-state index is 0.418. The molecule has 2 heterocycles. The number of aliphatic hydroxyl groups excluding tert-OH is 1. The van der Waals surface area contributed by atoms with Gasteiger partial charge >= 0.3 is 0 Å². The third kappa shape index (κ3) is 1.04. The summed E-state index contributed by atoms with van der Waals surface area (Å²) in [7, 11) is 0. The van der Waals surface area contributed by atoms with Gasteiger partial charge in [-0.1, -0.05) is 11.6 Å². The van der Waals surface area contributed by atoms with Gasteiger partial charge in [-0.25, -0.2) is 4.98 Å². The topological polar surface area (TPSA) is 38.1 Å². The van der Waals surface area contributed by atoms with Crippen LogP contribution in [0.1, 0.15) is 24.8 Å². The van der Waals surface area contributed by atoms with Gasteiger partial charge < -0.3 is 9.67 Å². The zero-order chi connectivity index (χ0) is 7.84. The van der Waals surface area contributed by atoms with Gasteiger partial charge in [0.15, 0.2) is 0 Å². The molecule has 0 aromatic carbocycles. The van der Waals surface area contributed by atoms with Crippen molar-refractivity contribution in [3.63, 3.8) is 0 Å². The van der Waals surface area contributed by atoms with Gasteiger partial charge in [-0.05, 0) is 19.3 Å². The van der Waals surface area contributed by atoms with E-state index in [1.165, 1.54) is 0 Å². The van der Waals surface area contributed by atoms with E-state index in [2.05, 4.69) is 4.98 Å². The number of rotatable bonds is 0. The highest BCUT2D eigenvalue weighted by molar-refractivity contribution is 6.30.